The summed E-state index contributed by atoms with van der Waals surface area (Å²) in [6, 6.07) is 9.81. The molecule has 1 amide bonds. The molecule has 6 nitrogen and oxygen atoms in total. The van der Waals surface area contributed by atoms with Crippen molar-refractivity contribution in [3.63, 3.8) is 0 Å². The summed E-state index contributed by atoms with van der Waals surface area (Å²) in [5.41, 5.74) is 2.84. The Balaban J connectivity index is 1.72. The summed E-state index contributed by atoms with van der Waals surface area (Å²) in [5.74, 6) is 1.68. The number of fused-ring (bicyclic) bond motifs is 1. The van der Waals surface area contributed by atoms with Crippen molar-refractivity contribution in [1.29, 1.82) is 0 Å². The van der Waals surface area contributed by atoms with Gasteiger partial charge < -0.3 is 19.5 Å². The zero-order chi connectivity index (χ0) is 22.2. The summed E-state index contributed by atoms with van der Waals surface area (Å²) in [4.78, 5) is 24.9. The van der Waals surface area contributed by atoms with Gasteiger partial charge in [-0.15, -0.1) is 0 Å². The molecule has 0 aliphatic heterocycles. The lowest BCUT2D eigenvalue weighted by molar-refractivity contribution is -0.131. The van der Waals surface area contributed by atoms with Crippen molar-refractivity contribution >= 4 is 11.7 Å². The normalized spacial score (nSPS) is 15.4. The molecule has 0 aromatic heterocycles. The minimum atomic E-state index is -0.720. The number of ether oxygens (including phenoxy) is 3. The van der Waals surface area contributed by atoms with E-state index in [-0.39, 0.29) is 24.3 Å². The van der Waals surface area contributed by atoms with Crippen LogP contribution in [0, 0.1) is 5.41 Å². The minimum absolute atomic E-state index is 0.0235. The van der Waals surface area contributed by atoms with Gasteiger partial charge in [-0.3, -0.25) is 9.59 Å². The van der Waals surface area contributed by atoms with Gasteiger partial charge in [0.25, 0.3) is 0 Å². The van der Waals surface area contributed by atoms with Crippen molar-refractivity contribution < 1.29 is 23.8 Å². The van der Waals surface area contributed by atoms with Gasteiger partial charge in [-0.1, -0.05) is 18.2 Å². The zero-order valence-corrected chi connectivity index (χ0v) is 18.5. The van der Waals surface area contributed by atoms with Gasteiger partial charge in [0.2, 0.25) is 11.7 Å². The molecule has 31 heavy (non-hydrogen) atoms. The number of methoxy groups -OCH3 is 2. The Morgan fingerprint density at radius 1 is 1.00 bits per heavy atom. The maximum absolute atomic E-state index is 12.7. The fourth-order valence-electron chi connectivity index (χ4n) is 3.92. The number of benzene rings is 2. The number of Topliss-reactive ketones (excluding diaryl/α,β-unsaturated/α-hetero) is 1. The van der Waals surface area contributed by atoms with Gasteiger partial charge in [-0.05, 0) is 56.4 Å². The number of ketones is 1. The number of rotatable bonds is 8. The largest absolute Gasteiger partial charge is 0.493 e. The van der Waals surface area contributed by atoms with Crippen LogP contribution in [0.15, 0.2) is 30.3 Å². The quantitative estimate of drug-likeness (QED) is 0.689. The Morgan fingerprint density at radius 2 is 1.74 bits per heavy atom. The van der Waals surface area contributed by atoms with E-state index in [1.165, 1.54) is 0 Å². The molecule has 0 heterocycles. The molecule has 0 bridgehead atoms. The molecule has 1 saturated carbocycles. The number of hydrogen-bond donors (Lipinski definition) is 1. The first kappa shape index (κ1) is 21.2. The maximum Gasteiger partial charge on any atom is 0.229 e. The topological polar surface area (TPSA) is 73.9 Å². The second kappa shape index (κ2) is 8.25. The van der Waals surface area contributed by atoms with Crippen molar-refractivity contribution in [3.8, 4) is 28.4 Å². The molecule has 164 valence electrons. The van der Waals surface area contributed by atoms with Crippen LogP contribution in [-0.2, 0) is 11.2 Å². The van der Waals surface area contributed by atoms with Crippen LogP contribution in [0.2, 0.25) is 0 Å². The highest BCUT2D eigenvalue weighted by Gasteiger charge is 2.34. The van der Waals surface area contributed by atoms with Gasteiger partial charge in [-0.2, -0.15) is 0 Å². The molecule has 1 fully saturated rings. The van der Waals surface area contributed by atoms with E-state index in [1.54, 1.807) is 14.2 Å². The SMILES string of the molecule is COc1ccc(-c2cccc3c2CCC3=O)c(OCC(C)(C)C(=O)NC2CC2)c1OC. The van der Waals surface area contributed by atoms with E-state index >= 15 is 0 Å². The Labute approximate surface area is 182 Å². The van der Waals surface area contributed by atoms with Crippen LogP contribution in [0.4, 0.5) is 0 Å². The summed E-state index contributed by atoms with van der Waals surface area (Å²) in [6.45, 7) is 3.92. The maximum atomic E-state index is 12.7. The van der Waals surface area contributed by atoms with E-state index in [2.05, 4.69) is 5.32 Å². The Hall–Kier alpha value is -3.02. The third-order valence-electron chi connectivity index (χ3n) is 5.97. The number of amides is 1. The molecule has 6 heteroatoms. The van der Waals surface area contributed by atoms with Gasteiger partial charge in [0.05, 0.1) is 19.6 Å². The molecule has 0 radical (unpaired) electrons. The molecule has 0 spiro atoms. The van der Waals surface area contributed by atoms with Crippen molar-refractivity contribution in [2.45, 2.75) is 45.6 Å². The molecule has 2 aromatic rings. The van der Waals surface area contributed by atoms with Crippen LogP contribution in [0.3, 0.4) is 0 Å². The van der Waals surface area contributed by atoms with Crippen molar-refractivity contribution in [2.24, 2.45) is 5.41 Å². The lowest BCUT2D eigenvalue weighted by Gasteiger charge is -2.26. The van der Waals surface area contributed by atoms with Gasteiger partial charge in [0, 0.05) is 23.6 Å². The average Bonchev–Trinajstić information content (AvgIpc) is 3.51. The van der Waals surface area contributed by atoms with Crippen molar-refractivity contribution in [1.82, 2.24) is 5.32 Å². The van der Waals surface area contributed by atoms with Gasteiger partial charge in [0.1, 0.15) is 6.61 Å². The lowest BCUT2D eigenvalue weighted by atomic mass is 9.93. The third-order valence-corrected chi connectivity index (χ3v) is 5.97. The summed E-state index contributed by atoms with van der Waals surface area (Å²) >= 11 is 0. The van der Waals surface area contributed by atoms with Crippen LogP contribution in [0.5, 0.6) is 17.2 Å². The van der Waals surface area contributed by atoms with E-state index in [4.69, 9.17) is 14.2 Å². The minimum Gasteiger partial charge on any atom is -0.493 e. The van der Waals surface area contributed by atoms with Gasteiger partial charge >= 0.3 is 0 Å². The summed E-state index contributed by atoms with van der Waals surface area (Å²) in [5, 5.41) is 3.05. The first-order chi connectivity index (χ1) is 14.9. The highest BCUT2D eigenvalue weighted by molar-refractivity contribution is 6.02. The lowest BCUT2D eigenvalue weighted by Crippen LogP contribution is -2.41. The molecule has 2 aliphatic rings. The molecule has 1 N–H and O–H groups in total. The van der Waals surface area contributed by atoms with E-state index in [1.807, 2.05) is 44.2 Å². The van der Waals surface area contributed by atoms with Crippen LogP contribution < -0.4 is 19.5 Å². The molecule has 4 rings (SSSR count). The Kier molecular flexibility index (Phi) is 5.65. The fourth-order valence-corrected chi connectivity index (χ4v) is 3.92. The molecule has 0 unspecified atom stereocenters. The fraction of sp³-hybridized carbons (Fsp3) is 0.440. The molecular formula is C25H29NO5. The Morgan fingerprint density at radius 3 is 2.42 bits per heavy atom. The molecule has 0 atom stereocenters. The van der Waals surface area contributed by atoms with E-state index < -0.39 is 5.41 Å². The second-order valence-corrected chi connectivity index (χ2v) is 8.85. The zero-order valence-electron chi connectivity index (χ0n) is 18.5. The van der Waals surface area contributed by atoms with Crippen LogP contribution in [-0.4, -0.2) is 38.6 Å². The van der Waals surface area contributed by atoms with Gasteiger partial charge in [0.15, 0.2) is 17.3 Å². The number of carbonyl (C=O) groups excluding carboxylic acids is 2. The highest BCUT2D eigenvalue weighted by atomic mass is 16.5. The monoisotopic (exact) mass is 423 g/mol. The number of carbonyl (C=O) groups is 2. The Bertz CT molecular complexity index is 1020. The first-order valence-corrected chi connectivity index (χ1v) is 10.7. The molecular weight excluding hydrogens is 394 g/mol. The van der Waals surface area contributed by atoms with Crippen LogP contribution >= 0.6 is 0 Å². The van der Waals surface area contributed by atoms with Gasteiger partial charge in [-0.25, -0.2) is 0 Å². The molecule has 2 aromatic carbocycles. The summed E-state index contributed by atoms with van der Waals surface area (Å²) in [7, 11) is 3.14. The summed E-state index contributed by atoms with van der Waals surface area (Å²) in [6.07, 6.45) is 3.29. The summed E-state index contributed by atoms with van der Waals surface area (Å²) < 4.78 is 17.4. The first-order valence-electron chi connectivity index (χ1n) is 10.7. The predicted molar refractivity (Wildman–Crippen MR) is 118 cm³/mol. The van der Waals surface area contributed by atoms with E-state index in [9.17, 15) is 9.59 Å². The average molecular weight is 424 g/mol. The number of hydrogen-bond acceptors (Lipinski definition) is 5. The van der Waals surface area contributed by atoms with Crippen molar-refractivity contribution in [2.75, 3.05) is 20.8 Å². The van der Waals surface area contributed by atoms with Crippen molar-refractivity contribution in [3.05, 3.63) is 41.5 Å². The standard InChI is InChI=1S/C25H29NO5/c1-25(2,24(28)26-15-8-9-15)14-31-22-19(11-13-21(29-3)23(22)30-4)16-6-5-7-18-17(16)10-12-20(18)27/h5-7,11,13,15H,8-10,12,14H2,1-4H3,(H,26,28). The second-order valence-electron chi connectivity index (χ2n) is 8.85. The highest BCUT2D eigenvalue weighted by Crippen LogP contribution is 2.47. The number of nitrogens with one attached hydrogen (secondary N) is 1. The van der Waals surface area contributed by atoms with E-state index in [0.29, 0.717) is 30.1 Å². The molecule has 0 saturated heterocycles. The van der Waals surface area contributed by atoms with E-state index in [0.717, 1.165) is 35.1 Å². The van der Waals surface area contributed by atoms with Crippen LogP contribution in [0.25, 0.3) is 11.1 Å². The third kappa shape index (κ3) is 4.11. The predicted octanol–water partition coefficient (Wildman–Crippen LogP) is 4.18. The molecule has 2 aliphatic carbocycles. The smallest absolute Gasteiger partial charge is 0.229 e. The van der Waals surface area contributed by atoms with Crippen LogP contribution in [0.1, 0.15) is 49.0 Å².